The molecule has 0 spiro atoms. The first-order chi connectivity index (χ1) is 9.46. The van der Waals surface area contributed by atoms with Crippen molar-refractivity contribution in [2.24, 2.45) is 0 Å². The fourth-order valence-electron chi connectivity index (χ4n) is 2.61. The highest BCUT2D eigenvalue weighted by atomic mass is 32.2. The number of sulfonamides is 1. The van der Waals surface area contributed by atoms with E-state index in [0.717, 1.165) is 6.42 Å². The predicted molar refractivity (Wildman–Crippen MR) is 69.3 cm³/mol. The van der Waals surface area contributed by atoms with E-state index in [-0.39, 0.29) is 22.8 Å². The second-order valence-electron chi connectivity index (χ2n) is 4.84. The van der Waals surface area contributed by atoms with E-state index in [1.54, 1.807) is 0 Å². The molecular weight excluding hydrogens is 285 g/mol. The Morgan fingerprint density at radius 2 is 2.00 bits per heavy atom. The Kier molecular flexibility index (Phi) is 3.47. The predicted octanol–water partition coefficient (Wildman–Crippen LogP) is -0.803. The molecule has 9 heteroatoms. The molecule has 108 valence electrons. The maximum absolute atomic E-state index is 12.5. The van der Waals surface area contributed by atoms with Gasteiger partial charge in [0, 0.05) is 6.54 Å². The average Bonchev–Trinajstić information content (AvgIpc) is 3.01. The molecule has 2 atom stereocenters. The van der Waals surface area contributed by atoms with Gasteiger partial charge < -0.3 is 19.4 Å². The molecule has 2 bridgehead atoms. The Morgan fingerprint density at radius 3 is 2.50 bits per heavy atom. The molecule has 3 rings (SSSR count). The Labute approximate surface area is 117 Å². The lowest BCUT2D eigenvalue weighted by molar-refractivity contribution is 0.0608. The van der Waals surface area contributed by atoms with Crippen LogP contribution in [0, 0.1) is 0 Å². The summed E-state index contributed by atoms with van der Waals surface area (Å²) in [6, 6.07) is 5.47. The topological polar surface area (TPSA) is 96.3 Å². The summed E-state index contributed by atoms with van der Waals surface area (Å²) in [4.78, 5) is 0.157. The van der Waals surface area contributed by atoms with Gasteiger partial charge in [-0.15, -0.1) is 0 Å². The third-order valence-electron chi connectivity index (χ3n) is 3.52. The molecule has 0 amide bonds. The molecule has 7 nitrogen and oxygen atoms in total. The zero-order chi connectivity index (χ0) is 14.3. The molecular formula is C11H14BNO6S. The molecule has 0 radical (unpaired) electrons. The SMILES string of the molecule is O=S(=O)(c1ccc(OB(O)O)cc1)N1C[C@@H]2C[C@H]1CO2. The molecule has 2 saturated heterocycles. The van der Waals surface area contributed by atoms with Crippen molar-refractivity contribution in [3.05, 3.63) is 24.3 Å². The Balaban J connectivity index is 1.81. The van der Waals surface area contributed by atoms with Crippen LogP contribution >= 0.6 is 0 Å². The fourth-order valence-corrected chi connectivity index (χ4v) is 4.26. The summed E-state index contributed by atoms with van der Waals surface area (Å²) in [7, 11) is -5.47. The summed E-state index contributed by atoms with van der Waals surface area (Å²) in [6.45, 7) is 0.836. The molecule has 1 aromatic carbocycles. The third-order valence-corrected chi connectivity index (χ3v) is 5.45. The fraction of sp³-hybridized carbons (Fsp3) is 0.455. The molecule has 1 aromatic rings. The second kappa shape index (κ2) is 5.01. The van der Waals surface area contributed by atoms with Crippen LogP contribution in [-0.4, -0.2) is 55.4 Å². The van der Waals surface area contributed by atoms with Crippen LogP contribution in [0.3, 0.4) is 0 Å². The van der Waals surface area contributed by atoms with E-state index in [2.05, 4.69) is 4.65 Å². The molecule has 0 saturated carbocycles. The summed E-state index contributed by atoms with van der Waals surface area (Å²) in [5, 5.41) is 17.3. The molecule has 2 heterocycles. The van der Waals surface area contributed by atoms with Crippen molar-refractivity contribution in [3.8, 4) is 5.75 Å². The summed E-state index contributed by atoms with van der Waals surface area (Å²) < 4.78 is 36.5. The van der Waals surface area contributed by atoms with Crippen LogP contribution in [0.2, 0.25) is 0 Å². The van der Waals surface area contributed by atoms with Crippen molar-refractivity contribution in [1.82, 2.24) is 4.31 Å². The molecule has 20 heavy (non-hydrogen) atoms. The molecule has 0 unspecified atom stereocenters. The van der Waals surface area contributed by atoms with E-state index in [0.29, 0.717) is 13.2 Å². The molecule has 0 aliphatic carbocycles. The molecule has 2 aliphatic rings. The Bertz CT molecular complexity index is 589. The van der Waals surface area contributed by atoms with Crippen molar-refractivity contribution < 1.29 is 27.9 Å². The number of hydrogen-bond acceptors (Lipinski definition) is 6. The summed E-state index contributed by atoms with van der Waals surface area (Å²) >= 11 is 0. The summed E-state index contributed by atoms with van der Waals surface area (Å²) in [5.74, 6) is 0.185. The van der Waals surface area contributed by atoms with E-state index < -0.39 is 17.3 Å². The van der Waals surface area contributed by atoms with Gasteiger partial charge in [0.2, 0.25) is 10.0 Å². The van der Waals surface area contributed by atoms with Crippen molar-refractivity contribution in [2.45, 2.75) is 23.5 Å². The monoisotopic (exact) mass is 299 g/mol. The first-order valence-corrected chi connectivity index (χ1v) is 7.67. The highest BCUT2D eigenvalue weighted by molar-refractivity contribution is 7.89. The number of nitrogens with zero attached hydrogens (tertiary/aromatic N) is 1. The molecule has 2 N–H and O–H groups in total. The van der Waals surface area contributed by atoms with Crippen LogP contribution < -0.4 is 4.65 Å². The highest BCUT2D eigenvalue weighted by Crippen LogP contribution is 2.33. The van der Waals surface area contributed by atoms with Gasteiger partial charge in [0.15, 0.2) is 0 Å². The maximum atomic E-state index is 12.5. The van der Waals surface area contributed by atoms with Gasteiger partial charge in [-0.05, 0) is 30.7 Å². The van der Waals surface area contributed by atoms with Crippen LogP contribution in [0.1, 0.15) is 6.42 Å². The van der Waals surface area contributed by atoms with Gasteiger partial charge in [-0.1, -0.05) is 0 Å². The minimum atomic E-state index is -3.54. The number of ether oxygens (including phenoxy) is 1. The number of morpholine rings is 1. The highest BCUT2D eigenvalue weighted by Gasteiger charge is 2.45. The van der Waals surface area contributed by atoms with E-state index in [9.17, 15) is 8.42 Å². The zero-order valence-corrected chi connectivity index (χ0v) is 11.4. The minimum Gasteiger partial charge on any atom is -0.512 e. The summed E-state index contributed by atoms with van der Waals surface area (Å²) in [5.41, 5.74) is 0. The summed E-state index contributed by atoms with van der Waals surface area (Å²) in [6.07, 6.45) is 0.749. The van der Waals surface area contributed by atoms with E-state index >= 15 is 0 Å². The van der Waals surface area contributed by atoms with Gasteiger partial charge >= 0.3 is 7.32 Å². The van der Waals surface area contributed by atoms with Gasteiger partial charge in [-0.25, -0.2) is 8.42 Å². The lowest BCUT2D eigenvalue weighted by Gasteiger charge is -2.26. The number of fused-ring (bicyclic) bond motifs is 2. The van der Waals surface area contributed by atoms with Crippen molar-refractivity contribution in [2.75, 3.05) is 13.2 Å². The molecule has 2 aliphatic heterocycles. The van der Waals surface area contributed by atoms with E-state index in [1.807, 2.05) is 0 Å². The van der Waals surface area contributed by atoms with Crippen molar-refractivity contribution in [1.29, 1.82) is 0 Å². The van der Waals surface area contributed by atoms with Crippen LogP contribution in [0.25, 0.3) is 0 Å². The van der Waals surface area contributed by atoms with Crippen LogP contribution in [0.4, 0.5) is 0 Å². The average molecular weight is 299 g/mol. The number of rotatable bonds is 4. The van der Waals surface area contributed by atoms with Gasteiger partial charge in [0.1, 0.15) is 5.75 Å². The minimum absolute atomic E-state index is 0.00178. The Morgan fingerprint density at radius 1 is 1.30 bits per heavy atom. The van der Waals surface area contributed by atoms with Gasteiger partial charge in [0.05, 0.1) is 23.6 Å². The normalized spacial score (nSPS) is 25.9. The lowest BCUT2D eigenvalue weighted by atomic mass is 10.2. The second-order valence-corrected chi connectivity index (χ2v) is 6.73. The Hall–Kier alpha value is -1.13. The van der Waals surface area contributed by atoms with Gasteiger partial charge in [-0.2, -0.15) is 4.31 Å². The zero-order valence-electron chi connectivity index (χ0n) is 10.5. The van der Waals surface area contributed by atoms with Crippen molar-refractivity contribution >= 4 is 17.3 Å². The van der Waals surface area contributed by atoms with E-state index in [1.165, 1.54) is 28.6 Å². The van der Waals surface area contributed by atoms with Gasteiger partial charge in [-0.3, -0.25) is 0 Å². The van der Waals surface area contributed by atoms with Crippen LogP contribution in [0.15, 0.2) is 29.2 Å². The first kappa shape index (κ1) is 13.8. The largest absolute Gasteiger partial charge is 0.707 e. The lowest BCUT2D eigenvalue weighted by Crippen LogP contribution is -2.41. The number of benzene rings is 1. The third kappa shape index (κ3) is 2.43. The van der Waals surface area contributed by atoms with Crippen LogP contribution in [-0.2, 0) is 14.8 Å². The van der Waals surface area contributed by atoms with Crippen molar-refractivity contribution in [3.63, 3.8) is 0 Å². The quantitative estimate of drug-likeness (QED) is 0.706. The smallest absolute Gasteiger partial charge is 0.512 e. The first-order valence-electron chi connectivity index (χ1n) is 6.23. The van der Waals surface area contributed by atoms with Crippen LogP contribution in [0.5, 0.6) is 5.75 Å². The van der Waals surface area contributed by atoms with Gasteiger partial charge in [0.25, 0.3) is 0 Å². The molecule has 2 fully saturated rings. The van der Waals surface area contributed by atoms with E-state index in [4.69, 9.17) is 14.8 Å². The standard InChI is InChI=1S/C11H14BNO6S/c14-12(15)19-9-1-3-11(4-2-9)20(16,17)13-6-10-5-8(13)7-18-10/h1-4,8,10,14-15H,5-7H2/t8-,10-/m0/s1. The number of hydrogen-bond donors (Lipinski definition) is 2. The molecule has 0 aromatic heterocycles. The maximum Gasteiger partial charge on any atom is 0.707 e.